The van der Waals surface area contributed by atoms with Crippen LogP contribution in [0.2, 0.25) is 0 Å². The lowest BCUT2D eigenvalue weighted by atomic mass is 10.1. The summed E-state index contributed by atoms with van der Waals surface area (Å²) in [6.45, 7) is 2.15. The number of hydrogen-bond acceptors (Lipinski definition) is 4. The van der Waals surface area contributed by atoms with E-state index in [1.54, 1.807) is 0 Å². The van der Waals surface area contributed by atoms with E-state index in [1.807, 2.05) is 0 Å². The number of unbranched alkanes of at least 4 members (excludes halogenated alkanes) is 5. The van der Waals surface area contributed by atoms with Gasteiger partial charge in [0.1, 0.15) is 0 Å². The summed E-state index contributed by atoms with van der Waals surface area (Å²) in [5, 5.41) is 0. The van der Waals surface area contributed by atoms with Crippen LogP contribution < -0.4 is 14.0 Å². The average Bonchev–Trinajstić information content (AvgIpc) is 2.19. The van der Waals surface area contributed by atoms with E-state index in [0.717, 1.165) is 19.3 Å². The van der Waals surface area contributed by atoms with Gasteiger partial charge in [0.2, 0.25) is 6.10 Å². The Morgan fingerprint density at radius 1 is 1.06 bits per heavy atom. The largest absolute Gasteiger partial charge is 0.227 e. The fourth-order valence-corrected chi connectivity index (χ4v) is 2.19. The number of halogens is 2. The third-order valence-corrected chi connectivity index (χ3v) is 3.10. The second-order valence-electron chi connectivity index (χ2n) is 3.80. The van der Waals surface area contributed by atoms with Gasteiger partial charge in [-0.15, -0.1) is 11.6 Å². The summed E-state index contributed by atoms with van der Waals surface area (Å²) >= 11 is 5.50. The van der Waals surface area contributed by atoms with Crippen LogP contribution >= 0.6 is 11.6 Å². The van der Waals surface area contributed by atoms with E-state index >= 15 is 0 Å². The van der Waals surface area contributed by atoms with Gasteiger partial charge in [-0.2, -0.15) is 14.0 Å². The van der Waals surface area contributed by atoms with Gasteiger partial charge in [-0.25, -0.2) is 0 Å². The van der Waals surface area contributed by atoms with Gasteiger partial charge in [-0.1, -0.05) is 45.4 Å². The Balaban J connectivity index is 3.48. The Bertz CT molecular complexity index is 161. The molecule has 16 heavy (non-hydrogen) atoms. The SMILES string of the molecule is CCCCCCCCC(CCl)O[Cl+3]([O-])([O-])[O-]. The van der Waals surface area contributed by atoms with Gasteiger partial charge in [0.05, 0.1) is 20.4 Å². The lowest BCUT2D eigenvalue weighted by Gasteiger charge is -2.17. The van der Waals surface area contributed by atoms with E-state index in [2.05, 4.69) is 11.2 Å². The molecule has 1 atom stereocenters. The summed E-state index contributed by atoms with van der Waals surface area (Å²) in [7, 11) is -4.35. The summed E-state index contributed by atoms with van der Waals surface area (Å²) in [5.41, 5.74) is 0. The summed E-state index contributed by atoms with van der Waals surface area (Å²) < 4.78 is 35.2. The van der Waals surface area contributed by atoms with Gasteiger partial charge in [0.25, 0.3) is 0 Å². The molecule has 0 spiro atoms. The first-order chi connectivity index (χ1) is 7.49. The van der Waals surface area contributed by atoms with E-state index in [4.69, 9.17) is 11.6 Å². The standard InChI is InChI=1S/C10H20Cl2O4/c1-2-3-4-5-6-7-8-10(9-11)16-12(13,14)15/h10H,2-9H2,1H3. The third-order valence-electron chi connectivity index (χ3n) is 2.29. The van der Waals surface area contributed by atoms with Crippen molar-refractivity contribution in [1.29, 1.82) is 0 Å². The van der Waals surface area contributed by atoms with Crippen molar-refractivity contribution in [2.24, 2.45) is 0 Å². The Labute approximate surface area is 104 Å². The average molecular weight is 275 g/mol. The molecule has 0 N–H and O–H groups in total. The summed E-state index contributed by atoms with van der Waals surface area (Å²) in [4.78, 5) is 0. The van der Waals surface area contributed by atoms with E-state index in [0.29, 0.717) is 6.42 Å². The molecular formula is C10H20Cl2O4. The summed E-state index contributed by atoms with van der Waals surface area (Å²) in [6, 6.07) is 0. The predicted octanol–water partition coefficient (Wildman–Crippen LogP) is 0.258. The van der Waals surface area contributed by atoms with Crippen LogP contribution in [0.4, 0.5) is 0 Å². The van der Waals surface area contributed by atoms with Gasteiger partial charge < -0.3 is 0 Å². The van der Waals surface area contributed by atoms with Crippen molar-refractivity contribution in [3.8, 4) is 0 Å². The van der Waals surface area contributed by atoms with Crippen LogP contribution in [-0.4, -0.2) is 12.0 Å². The Morgan fingerprint density at radius 2 is 1.62 bits per heavy atom. The van der Waals surface area contributed by atoms with Gasteiger partial charge in [-0.3, -0.25) is 0 Å². The first-order valence-corrected chi connectivity index (χ1v) is 7.41. The number of hydrogen-bond donors (Lipinski definition) is 0. The fraction of sp³-hybridized carbons (Fsp3) is 1.00. The van der Waals surface area contributed by atoms with E-state index < -0.39 is 16.3 Å². The van der Waals surface area contributed by atoms with Gasteiger partial charge in [0.15, 0.2) is 0 Å². The molecule has 0 aliphatic rings. The Kier molecular flexibility index (Phi) is 9.70. The zero-order valence-corrected chi connectivity index (χ0v) is 11.1. The van der Waals surface area contributed by atoms with Crippen LogP contribution in [0.3, 0.4) is 0 Å². The van der Waals surface area contributed by atoms with Crippen molar-refractivity contribution < 1.29 is 28.5 Å². The maximum Gasteiger partial charge on any atom is 0.227 e. The minimum atomic E-state index is -4.35. The smallest absolute Gasteiger partial charge is 0.183 e. The molecule has 0 saturated carbocycles. The second-order valence-corrected chi connectivity index (χ2v) is 5.04. The van der Waals surface area contributed by atoms with Crippen LogP contribution in [0.25, 0.3) is 0 Å². The highest BCUT2D eigenvalue weighted by Crippen LogP contribution is 2.13. The van der Waals surface area contributed by atoms with Crippen LogP contribution in [0.5, 0.6) is 0 Å². The molecule has 0 aliphatic carbocycles. The normalized spacial score (nSPS) is 14.1. The molecule has 0 aromatic rings. The van der Waals surface area contributed by atoms with Crippen molar-refractivity contribution in [2.45, 2.75) is 58.0 Å². The zero-order chi connectivity index (χ0) is 12.4. The fourth-order valence-electron chi connectivity index (χ4n) is 1.45. The Hall–Kier alpha value is 0.420. The third kappa shape index (κ3) is 10.9. The number of alkyl halides is 1. The molecule has 0 heterocycles. The molecule has 0 aromatic heterocycles. The molecular weight excluding hydrogens is 255 g/mol. The topological polar surface area (TPSA) is 78.4 Å². The van der Waals surface area contributed by atoms with Crippen molar-refractivity contribution in [3.63, 3.8) is 0 Å². The van der Waals surface area contributed by atoms with Crippen molar-refractivity contribution >= 4 is 11.6 Å². The zero-order valence-electron chi connectivity index (χ0n) is 9.62. The molecule has 0 fully saturated rings. The molecule has 1 unspecified atom stereocenters. The van der Waals surface area contributed by atoms with E-state index in [9.17, 15) is 14.0 Å². The van der Waals surface area contributed by atoms with Crippen LogP contribution in [0.15, 0.2) is 0 Å². The Morgan fingerprint density at radius 3 is 2.12 bits per heavy atom. The van der Waals surface area contributed by atoms with Crippen LogP contribution in [0.1, 0.15) is 51.9 Å². The van der Waals surface area contributed by atoms with Crippen molar-refractivity contribution in [3.05, 3.63) is 0 Å². The molecule has 6 heteroatoms. The molecule has 0 amide bonds. The van der Waals surface area contributed by atoms with E-state index in [-0.39, 0.29) is 5.88 Å². The van der Waals surface area contributed by atoms with Gasteiger partial charge in [-0.05, 0) is 6.42 Å². The second kappa shape index (κ2) is 9.45. The van der Waals surface area contributed by atoms with Crippen molar-refractivity contribution in [2.75, 3.05) is 5.88 Å². The minimum Gasteiger partial charge on any atom is -0.183 e. The number of rotatable bonds is 10. The lowest BCUT2D eigenvalue weighted by Crippen LogP contribution is -2.62. The first-order valence-electron chi connectivity index (χ1n) is 5.64. The highest BCUT2D eigenvalue weighted by atomic mass is 35.7. The maximum atomic E-state index is 10.3. The molecule has 0 aliphatic heterocycles. The highest BCUT2D eigenvalue weighted by Gasteiger charge is 2.27. The summed E-state index contributed by atoms with van der Waals surface area (Å²) in [5.74, 6) is 0.0312. The van der Waals surface area contributed by atoms with E-state index in [1.165, 1.54) is 19.3 Å². The van der Waals surface area contributed by atoms with Gasteiger partial charge >= 0.3 is 0 Å². The minimum absolute atomic E-state index is 0.0312. The quantitative estimate of drug-likeness (QED) is 0.423. The molecule has 0 rings (SSSR count). The van der Waals surface area contributed by atoms with Crippen LogP contribution in [0, 0.1) is 10.2 Å². The first kappa shape index (κ1) is 16.4. The predicted molar refractivity (Wildman–Crippen MR) is 53.6 cm³/mol. The molecule has 98 valence electrons. The summed E-state index contributed by atoms with van der Waals surface area (Å²) in [6.07, 6.45) is 6.44. The molecule has 0 aromatic carbocycles. The van der Waals surface area contributed by atoms with Crippen molar-refractivity contribution in [1.82, 2.24) is 0 Å². The monoisotopic (exact) mass is 274 g/mol. The molecule has 0 saturated heterocycles. The van der Waals surface area contributed by atoms with Gasteiger partial charge in [0, 0.05) is 0 Å². The molecule has 4 nitrogen and oxygen atoms in total. The molecule has 0 bridgehead atoms. The highest BCUT2D eigenvalue weighted by molar-refractivity contribution is 6.18. The maximum absolute atomic E-state index is 10.3. The lowest BCUT2D eigenvalue weighted by molar-refractivity contribution is -1.92. The molecule has 0 radical (unpaired) electrons. The van der Waals surface area contributed by atoms with Crippen LogP contribution in [-0.2, 0) is 4.29 Å².